The molecule has 0 amide bonds. The highest BCUT2D eigenvalue weighted by Crippen LogP contribution is 2.20. The van der Waals surface area contributed by atoms with Crippen molar-refractivity contribution in [3.63, 3.8) is 0 Å². The average molecular weight is 229 g/mol. The molecular formula is C7H8Cl3NO. The Balaban J connectivity index is 0.00000121. The molecule has 0 saturated heterocycles. The molecule has 0 heterocycles. The van der Waals surface area contributed by atoms with E-state index in [1.54, 1.807) is 18.2 Å². The van der Waals surface area contributed by atoms with Crippen LogP contribution < -0.4 is 18.3 Å². The molecule has 0 saturated carbocycles. The molecule has 0 bridgehead atoms. The van der Waals surface area contributed by atoms with Crippen LogP contribution >= 0.6 is 23.2 Å². The quantitative estimate of drug-likeness (QED) is 0.626. The highest BCUT2D eigenvalue weighted by atomic mass is 35.5. The summed E-state index contributed by atoms with van der Waals surface area (Å²) in [6.07, 6.45) is 0. The fraction of sp³-hybridized carbons (Fsp3) is 0.143. The van der Waals surface area contributed by atoms with Crippen LogP contribution in [0.15, 0.2) is 18.2 Å². The van der Waals surface area contributed by atoms with Gasteiger partial charge in [0.05, 0.1) is 0 Å². The van der Waals surface area contributed by atoms with Gasteiger partial charge in [0.15, 0.2) is 0 Å². The summed E-state index contributed by atoms with van der Waals surface area (Å²) in [6.45, 7) is 0.388. The Morgan fingerprint density at radius 1 is 1.33 bits per heavy atom. The SMILES string of the molecule is [Cl-].[NH3+]OCc1cc(Cl)ccc1Cl. The van der Waals surface area contributed by atoms with Crippen LogP contribution in [-0.2, 0) is 11.4 Å². The second kappa shape index (κ2) is 5.62. The molecule has 0 aromatic heterocycles. The standard InChI is InChI=1S/C7H8Cl2NO.ClH/c8-6-1-2-7(9)5(3-6)4-11-10;/h1-3H,4H2,10H3;1H/q+1;/p-1. The Morgan fingerprint density at radius 3 is 2.58 bits per heavy atom. The van der Waals surface area contributed by atoms with E-state index in [0.29, 0.717) is 16.7 Å². The van der Waals surface area contributed by atoms with Gasteiger partial charge >= 0.3 is 0 Å². The Hall–Kier alpha value is 0.01000. The average Bonchev–Trinajstić information content (AvgIpc) is 1.98. The topological polar surface area (TPSA) is 36.9 Å². The molecule has 2 nitrogen and oxygen atoms in total. The zero-order valence-electron chi connectivity index (χ0n) is 6.19. The minimum atomic E-state index is 0. The maximum absolute atomic E-state index is 5.81. The van der Waals surface area contributed by atoms with Crippen molar-refractivity contribution < 1.29 is 23.1 Å². The summed E-state index contributed by atoms with van der Waals surface area (Å²) in [4.78, 5) is 4.67. The zero-order chi connectivity index (χ0) is 8.27. The van der Waals surface area contributed by atoms with Gasteiger partial charge in [-0.2, -0.15) is 0 Å². The lowest BCUT2D eigenvalue weighted by atomic mass is 10.2. The summed E-state index contributed by atoms with van der Waals surface area (Å²) < 4.78 is 0. The van der Waals surface area contributed by atoms with Crippen molar-refractivity contribution in [2.24, 2.45) is 0 Å². The second-order valence-corrected chi connectivity index (χ2v) is 2.93. The Labute approximate surface area is 87.0 Å². The first kappa shape index (κ1) is 12.0. The van der Waals surface area contributed by atoms with E-state index in [9.17, 15) is 0 Å². The van der Waals surface area contributed by atoms with Gasteiger partial charge in [-0.1, -0.05) is 23.2 Å². The highest BCUT2D eigenvalue weighted by Gasteiger charge is 2.00. The predicted molar refractivity (Wildman–Crippen MR) is 44.1 cm³/mol. The molecule has 0 aliphatic heterocycles. The minimum absolute atomic E-state index is 0. The normalized spacial score (nSPS) is 9.25. The van der Waals surface area contributed by atoms with Crippen molar-refractivity contribution in [2.45, 2.75) is 6.61 Å². The lowest BCUT2D eigenvalue weighted by Crippen LogP contribution is -3.00. The number of quaternary nitrogens is 1. The molecule has 68 valence electrons. The third-order valence-electron chi connectivity index (χ3n) is 1.27. The maximum atomic E-state index is 5.81. The molecule has 1 rings (SSSR count). The summed E-state index contributed by atoms with van der Waals surface area (Å²) in [5, 5.41) is 1.31. The number of hydrogen-bond donors (Lipinski definition) is 1. The minimum Gasteiger partial charge on any atom is -1.00 e. The number of benzene rings is 1. The molecule has 5 heteroatoms. The number of hydrogen-bond acceptors (Lipinski definition) is 1. The zero-order valence-corrected chi connectivity index (χ0v) is 8.46. The third kappa shape index (κ3) is 3.17. The van der Waals surface area contributed by atoms with Gasteiger partial charge in [0.2, 0.25) is 0 Å². The second-order valence-electron chi connectivity index (χ2n) is 2.08. The Bertz CT molecular complexity index is 254. The monoisotopic (exact) mass is 227 g/mol. The molecule has 1 aromatic rings. The first-order valence-electron chi connectivity index (χ1n) is 3.05. The van der Waals surface area contributed by atoms with Gasteiger partial charge in [0.1, 0.15) is 6.61 Å². The van der Waals surface area contributed by atoms with Gasteiger partial charge in [0, 0.05) is 15.6 Å². The molecule has 0 spiro atoms. The van der Waals surface area contributed by atoms with Gasteiger partial charge < -0.3 is 12.4 Å². The lowest BCUT2D eigenvalue weighted by molar-refractivity contribution is -0.695. The van der Waals surface area contributed by atoms with Gasteiger partial charge in [-0.3, -0.25) is 0 Å². The predicted octanol–water partition coefficient (Wildman–Crippen LogP) is -1.33. The van der Waals surface area contributed by atoms with Crippen molar-refractivity contribution in [1.82, 2.24) is 0 Å². The van der Waals surface area contributed by atoms with E-state index in [1.807, 2.05) is 0 Å². The highest BCUT2D eigenvalue weighted by molar-refractivity contribution is 6.33. The van der Waals surface area contributed by atoms with Gasteiger partial charge in [0.25, 0.3) is 0 Å². The van der Waals surface area contributed by atoms with Crippen molar-refractivity contribution in [1.29, 1.82) is 0 Å². The van der Waals surface area contributed by atoms with Crippen LogP contribution in [0, 0.1) is 0 Å². The largest absolute Gasteiger partial charge is 1.00 e. The fourth-order valence-corrected chi connectivity index (χ4v) is 1.13. The summed E-state index contributed by atoms with van der Waals surface area (Å²) in [6, 6.07) is 5.23. The van der Waals surface area contributed by atoms with Crippen LogP contribution in [0.2, 0.25) is 10.0 Å². The first-order valence-corrected chi connectivity index (χ1v) is 3.80. The van der Waals surface area contributed by atoms with Crippen molar-refractivity contribution in [3.8, 4) is 0 Å². The van der Waals surface area contributed by atoms with E-state index in [1.165, 1.54) is 0 Å². The summed E-state index contributed by atoms with van der Waals surface area (Å²) in [7, 11) is 0. The summed E-state index contributed by atoms with van der Waals surface area (Å²) in [5.41, 5.74) is 0.856. The van der Waals surface area contributed by atoms with Crippen molar-refractivity contribution in [3.05, 3.63) is 33.8 Å². The lowest BCUT2D eigenvalue weighted by Gasteiger charge is -1.99. The Morgan fingerprint density at radius 2 is 2.00 bits per heavy atom. The van der Waals surface area contributed by atoms with Crippen molar-refractivity contribution >= 4 is 23.2 Å². The molecular weight excluding hydrogens is 220 g/mol. The van der Waals surface area contributed by atoms with Crippen LogP contribution in [-0.4, -0.2) is 0 Å². The third-order valence-corrected chi connectivity index (χ3v) is 1.87. The van der Waals surface area contributed by atoms with Crippen LogP contribution in [0.5, 0.6) is 0 Å². The maximum Gasteiger partial charge on any atom is 0.132 e. The van der Waals surface area contributed by atoms with E-state index >= 15 is 0 Å². The van der Waals surface area contributed by atoms with E-state index < -0.39 is 0 Å². The van der Waals surface area contributed by atoms with Gasteiger partial charge in [-0.15, -0.1) is 0 Å². The summed E-state index contributed by atoms with van der Waals surface area (Å²) >= 11 is 11.5. The Kier molecular flexibility index (Phi) is 5.63. The molecule has 0 atom stereocenters. The first-order chi connectivity index (χ1) is 5.24. The van der Waals surface area contributed by atoms with E-state index in [2.05, 4.69) is 10.7 Å². The van der Waals surface area contributed by atoms with Crippen molar-refractivity contribution in [2.75, 3.05) is 0 Å². The number of halogens is 3. The van der Waals surface area contributed by atoms with E-state index in [-0.39, 0.29) is 12.4 Å². The molecule has 0 unspecified atom stereocenters. The molecule has 12 heavy (non-hydrogen) atoms. The molecule has 1 aromatic carbocycles. The molecule has 3 N–H and O–H groups in total. The molecule has 0 aliphatic rings. The van der Waals surface area contributed by atoms with Crippen LogP contribution in [0.25, 0.3) is 0 Å². The molecule has 0 fully saturated rings. The molecule has 0 radical (unpaired) electrons. The van der Waals surface area contributed by atoms with Gasteiger partial charge in [-0.05, 0) is 18.2 Å². The van der Waals surface area contributed by atoms with Crippen LogP contribution in [0.1, 0.15) is 5.56 Å². The van der Waals surface area contributed by atoms with Crippen LogP contribution in [0.3, 0.4) is 0 Å². The van der Waals surface area contributed by atoms with Crippen LogP contribution in [0.4, 0.5) is 0 Å². The summed E-state index contributed by atoms with van der Waals surface area (Å²) in [5.74, 6) is 3.25. The van der Waals surface area contributed by atoms with Gasteiger partial charge in [-0.25, -0.2) is 10.7 Å². The van der Waals surface area contributed by atoms with E-state index in [4.69, 9.17) is 23.2 Å². The molecule has 0 aliphatic carbocycles. The smallest absolute Gasteiger partial charge is 0.132 e. The van der Waals surface area contributed by atoms with E-state index in [0.717, 1.165) is 5.56 Å². The fourth-order valence-electron chi connectivity index (χ4n) is 0.764. The number of rotatable bonds is 2.